The van der Waals surface area contributed by atoms with Gasteiger partial charge in [-0.15, -0.1) is 0 Å². The molecule has 4 unspecified atom stereocenters. The molecule has 1 aromatic heterocycles. The van der Waals surface area contributed by atoms with Gasteiger partial charge in [0.15, 0.2) is 0 Å². The van der Waals surface area contributed by atoms with E-state index in [0.717, 1.165) is 44.5 Å². The summed E-state index contributed by atoms with van der Waals surface area (Å²) >= 11 is 0. The van der Waals surface area contributed by atoms with E-state index in [9.17, 15) is 4.79 Å². The number of hydrogen-bond donors (Lipinski definition) is 1. The Morgan fingerprint density at radius 3 is 2.78 bits per heavy atom. The Bertz CT molecular complexity index is 580. The fourth-order valence-corrected chi connectivity index (χ4v) is 4.42. The van der Waals surface area contributed by atoms with Crippen LogP contribution in [0.1, 0.15) is 37.3 Å². The number of nitrogens with one attached hydrogen (secondary N) is 1. The molecule has 122 valence electrons. The number of rotatable bonds is 4. The highest BCUT2D eigenvalue weighted by Gasteiger charge is 2.41. The number of fused-ring (bicyclic) bond motifs is 2. The van der Waals surface area contributed by atoms with Crippen molar-refractivity contribution in [1.82, 2.24) is 10.3 Å². The Morgan fingerprint density at radius 2 is 2.13 bits per heavy atom. The van der Waals surface area contributed by atoms with E-state index >= 15 is 0 Å². The van der Waals surface area contributed by atoms with E-state index in [2.05, 4.69) is 28.5 Å². The maximum absolute atomic E-state index is 12.9. The minimum atomic E-state index is 0.0585. The monoisotopic (exact) mass is 312 g/mol. The number of pyridine rings is 1. The minimum Gasteiger partial charge on any atom is -0.381 e. The SMILES string of the molecule is O=C(NC(c1cccnc1)C1CCOCC1)C1CC2C=CC1C2. The molecule has 0 aromatic carbocycles. The molecule has 1 aliphatic heterocycles. The largest absolute Gasteiger partial charge is 0.381 e. The summed E-state index contributed by atoms with van der Waals surface area (Å²) in [6.07, 6.45) is 12.4. The molecular weight excluding hydrogens is 288 g/mol. The first-order valence-electron chi connectivity index (χ1n) is 8.77. The van der Waals surface area contributed by atoms with Crippen LogP contribution in [0.4, 0.5) is 0 Å². The first-order valence-corrected chi connectivity index (χ1v) is 8.77. The molecule has 3 aliphatic rings. The lowest BCUT2D eigenvalue weighted by atomic mass is 9.86. The highest BCUT2D eigenvalue weighted by Crippen LogP contribution is 2.44. The summed E-state index contributed by atoms with van der Waals surface area (Å²) in [4.78, 5) is 17.1. The van der Waals surface area contributed by atoms with Crippen molar-refractivity contribution in [3.8, 4) is 0 Å². The summed E-state index contributed by atoms with van der Waals surface area (Å²) in [5.74, 6) is 1.89. The Labute approximate surface area is 137 Å². The number of allylic oxidation sites excluding steroid dienone is 2. The lowest BCUT2D eigenvalue weighted by Gasteiger charge is -2.32. The molecule has 4 nitrogen and oxygen atoms in total. The van der Waals surface area contributed by atoms with Gasteiger partial charge in [0.2, 0.25) is 5.91 Å². The third kappa shape index (κ3) is 3.05. The molecule has 1 saturated heterocycles. The first kappa shape index (κ1) is 14.9. The topological polar surface area (TPSA) is 51.2 Å². The van der Waals surface area contributed by atoms with Gasteiger partial charge in [-0.25, -0.2) is 0 Å². The van der Waals surface area contributed by atoms with E-state index in [1.807, 2.05) is 12.3 Å². The minimum absolute atomic E-state index is 0.0585. The Balaban J connectivity index is 1.51. The molecule has 2 fully saturated rings. The van der Waals surface area contributed by atoms with Crippen molar-refractivity contribution in [2.24, 2.45) is 23.7 Å². The lowest BCUT2D eigenvalue weighted by Crippen LogP contribution is -2.40. The van der Waals surface area contributed by atoms with E-state index in [-0.39, 0.29) is 17.9 Å². The van der Waals surface area contributed by atoms with Gasteiger partial charge in [-0.2, -0.15) is 0 Å². The van der Waals surface area contributed by atoms with E-state index < -0.39 is 0 Å². The van der Waals surface area contributed by atoms with Gasteiger partial charge >= 0.3 is 0 Å². The second-order valence-corrected chi connectivity index (χ2v) is 7.11. The third-order valence-corrected chi connectivity index (χ3v) is 5.69. The number of hydrogen-bond acceptors (Lipinski definition) is 3. The van der Waals surface area contributed by atoms with Crippen LogP contribution in [0.2, 0.25) is 0 Å². The molecule has 4 rings (SSSR count). The predicted molar refractivity (Wildman–Crippen MR) is 87.5 cm³/mol. The number of carbonyl (C=O) groups excluding carboxylic acids is 1. The first-order chi connectivity index (χ1) is 11.3. The molecule has 1 aromatic rings. The summed E-state index contributed by atoms with van der Waals surface area (Å²) in [6.45, 7) is 1.57. The van der Waals surface area contributed by atoms with Crippen LogP contribution in [0.5, 0.6) is 0 Å². The van der Waals surface area contributed by atoms with Crippen LogP contribution in [0.15, 0.2) is 36.7 Å². The smallest absolute Gasteiger partial charge is 0.224 e. The Hall–Kier alpha value is -1.68. The summed E-state index contributed by atoms with van der Waals surface area (Å²) in [5.41, 5.74) is 1.12. The molecule has 2 aliphatic carbocycles. The normalized spacial score (nSPS) is 31.2. The van der Waals surface area contributed by atoms with Crippen LogP contribution in [0, 0.1) is 23.7 Å². The molecule has 2 bridgehead atoms. The highest BCUT2D eigenvalue weighted by atomic mass is 16.5. The fourth-order valence-electron chi connectivity index (χ4n) is 4.42. The molecule has 23 heavy (non-hydrogen) atoms. The maximum Gasteiger partial charge on any atom is 0.224 e. The molecule has 2 heterocycles. The summed E-state index contributed by atoms with van der Waals surface area (Å²) < 4.78 is 5.49. The molecule has 4 atom stereocenters. The van der Waals surface area contributed by atoms with Crippen molar-refractivity contribution in [3.05, 3.63) is 42.2 Å². The number of ether oxygens (including phenoxy) is 1. The van der Waals surface area contributed by atoms with Crippen LogP contribution in [-0.2, 0) is 9.53 Å². The van der Waals surface area contributed by atoms with Crippen LogP contribution < -0.4 is 5.32 Å². The van der Waals surface area contributed by atoms with Crippen molar-refractivity contribution < 1.29 is 9.53 Å². The molecular formula is C19H24N2O2. The van der Waals surface area contributed by atoms with Gasteiger partial charge in [-0.05, 0) is 55.1 Å². The van der Waals surface area contributed by atoms with Crippen molar-refractivity contribution in [3.63, 3.8) is 0 Å². The molecule has 4 heteroatoms. The van der Waals surface area contributed by atoms with Gasteiger partial charge < -0.3 is 10.1 Å². The van der Waals surface area contributed by atoms with Gasteiger partial charge in [-0.3, -0.25) is 9.78 Å². The second kappa shape index (κ2) is 6.44. The Morgan fingerprint density at radius 1 is 1.26 bits per heavy atom. The van der Waals surface area contributed by atoms with Crippen molar-refractivity contribution in [2.45, 2.75) is 31.7 Å². The molecule has 1 amide bonds. The van der Waals surface area contributed by atoms with Crippen LogP contribution in [-0.4, -0.2) is 24.1 Å². The van der Waals surface area contributed by atoms with E-state index in [1.165, 1.54) is 0 Å². The predicted octanol–water partition coefficient (Wildman–Crippen LogP) is 2.88. The van der Waals surface area contributed by atoms with E-state index in [0.29, 0.717) is 17.8 Å². The van der Waals surface area contributed by atoms with E-state index in [4.69, 9.17) is 4.74 Å². The molecule has 1 saturated carbocycles. The zero-order valence-corrected chi connectivity index (χ0v) is 13.4. The standard InChI is InChI=1S/C19H24N2O2/c22-19(17-11-13-3-4-15(17)10-13)21-18(14-5-8-23-9-6-14)16-2-1-7-20-12-16/h1-4,7,12-15,17-18H,5-6,8-11H2,(H,21,22). The van der Waals surface area contributed by atoms with Crippen LogP contribution in [0.25, 0.3) is 0 Å². The molecule has 1 N–H and O–H groups in total. The van der Waals surface area contributed by atoms with Crippen molar-refractivity contribution in [2.75, 3.05) is 13.2 Å². The number of amides is 1. The average molecular weight is 312 g/mol. The number of aromatic nitrogens is 1. The van der Waals surface area contributed by atoms with Gasteiger partial charge in [0.05, 0.1) is 6.04 Å². The molecule has 0 radical (unpaired) electrons. The molecule has 0 spiro atoms. The zero-order valence-electron chi connectivity index (χ0n) is 13.4. The van der Waals surface area contributed by atoms with Gasteiger partial charge in [0, 0.05) is 31.5 Å². The lowest BCUT2D eigenvalue weighted by molar-refractivity contribution is -0.127. The second-order valence-electron chi connectivity index (χ2n) is 7.11. The summed E-state index contributed by atoms with van der Waals surface area (Å²) in [6, 6.07) is 4.09. The van der Waals surface area contributed by atoms with Gasteiger partial charge in [0.25, 0.3) is 0 Å². The summed E-state index contributed by atoms with van der Waals surface area (Å²) in [5, 5.41) is 3.36. The number of nitrogens with zero attached hydrogens (tertiary/aromatic N) is 1. The fraction of sp³-hybridized carbons (Fsp3) is 0.579. The summed E-state index contributed by atoms with van der Waals surface area (Å²) in [7, 11) is 0. The third-order valence-electron chi connectivity index (χ3n) is 5.69. The highest BCUT2D eigenvalue weighted by molar-refractivity contribution is 5.80. The Kier molecular flexibility index (Phi) is 4.17. The van der Waals surface area contributed by atoms with Gasteiger partial charge in [0.1, 0.15) is 0 Å². The number of carbonyl (C=O) groups is 1. The van der Waals surface area contributed by atoms with Gasteiger partial charge in [-0.1, -0.05) is 18.2 Å². The van der Waals surface area contributed by atoms with Crippen LogP contribution in [0.3, 0.4) is 0 Å². The maximum atomic E-state index is 12.9. The van der Waals surface area contributed by atoms with Crippen molar-refractivity contribution >= 4 is 5.91 Å². The van der Waals surface area contributed by atoms with E-state index in [1.54, 1.807) is 6.20 Å². The van der Waals surface area contributed by atoms with Crippen LogP contribution >= 0.6 is 0 Å². The average Bonchev–Trinajstić information content (AvgIpc) is 3.24. The quantitative estimate of drug-likeness (QED) is 0.870. The zero-order chi connectivity index (χ0) is 15.6. The van der Waals surface area contributed by atoms with Crippen molar-refractivity contribution in [1.29, 1.82) is 0 Å².